The Morgan fingerprint density at radius 1 is 1.05 bits per heavy atom. The molecule has 3 rings (SSSR count). The highest BCUT2D eigenvalue weighted by Crippen LogP contribution is 2.30. The van der Waals surface area contributed by atoms with E-state index in [4.69, 9.17) is 17.3 Å². The monoisotopic (exact) mass is 297 g/mol. The van der Waals surface area contributed by atoms with E-state index in [9.17, 15) is 0 Å². The van der Waals surface area contributed by atoms with Gasteiger partial charge < -0.3 is 10.6 Å². The molecule has 0 saturated heterocycles. The molecule has 0 saturated carbocycles. The number of fused-ring (bicyclic) bond motifs is 1. The van der Waals surface area contributed by atoms with Crippen molar-refractivity contribution in [3.63, 3.8) is 0 Å². The van der Waals surface area contributed by atoms with Crippen molar-refractivity contribution in [2.45, 2.75) is 6.54 Å². The second-order valence-electron chi connectivity index (χ2n) is 5.08. The highest BCUT2D eigenvalue weighted by molar-refractivity contribution is 6.30. The number of halogens is 1. The highest BCUT2D eigenvalue weighted by Gasteiger charge is 2.08. The smallest absolute Gasteiger partial charge is 0.0448 e. The van der Waals surface area contributed by atoms with Gasteiger partial charge in [0.15, 0.2) is 0 Å². The number of hydrogen-bond donors (Lipinski definition) is 1. The van der Waals surface area contributed by atoms with Crippen LogP contribution in [0.2, 0.25) is 5.02 Å². The highest BCUT2D eigenvalue weighted by atomic mass is 35.5. The van der Waals surface area contributed by atoms with Crippen molar-refractivity contribution in [2.24, 2.45) is 0 Å². The minimum absolute atomic E-state index is 0.752. The predicted octanol–water partition coefficient (Wildman–Crippen LogP) is 4.11. The molecular weight excluding hydrogens is 282 g/mol. The van der Waals surface area contributed by atoms with E-state index in [0.29, 0.717) is 0 Å². The van der Waals surface area contributed by atoms with E-state index in [2.05, 4.69) is 16.9 Å². The van der Waals surface area contributed by atoms with Crippen molar-refractivity contribution >= 4 is 33.7 Å². The van der Waals surface area contributed by atoms with Gasteiger partial charge >= 0.3 is 0 Å². The first-order chi connectivity index (χ1) is 10.1. The molecule has 1 heterocycles. The van der Waals surface area contributed by atoms with Gasteiger partial charge in [-0.25, -0.2) is 0 Å². The number of benzene rings is 2. The summed E-state index contributed by atoms with van der Waals surface area (Å²) in [5.74, 6) is 0. The molecule has 0 aliphatic rings. The van der Waals surface area contributed by atoms with Gasteiger partial charge in [-0.1, -0.05) is 23.7 Å². The number of anilines is 2. The molecule has 4 heteroatoms. The van der Waals surface area contributed by atoms with Crippen LogP contribution in [-0.4, -0.2) is 12.0 Å². The van der Waals surface area contributed by atoms with Crippen molar-refractivity contribution in [1.29, 1.82) is 0 Å². The summed E-state index contributed by atoms with van der Waals surface area (Å²) in [4.78, 5) is 6.35. The third-order valence-electron chi connectivity index (χ3n) is 3.57. The van der Waals surface area contributed by atoms with Crippen LogP contribution in [0.4, 0.5) is 11.4 Å². The number of nitrogen functional groups attached to an aromatic ring is 1. The largest absolute Gasteiger partial charge is 0.398 e. The normalized spacial score (nSPS) is 10.8. The molecule has 2 N–H and O–H groups in total. The molecule has 0 amide bonds. The molecule has 2 aromatic carbocycles. The van der Waals surface area contributed by atoms with Crippen LogP contribution in [0.15, 0.2) is 54.9 Å². The van der Waals surface area contributed by atoms with E-state index in [1.807, 2.05) is 48.7 Å². The second-order valence-corrected chi connectivity index (χ2v) is 5.51. The van der Waals surface area contributed by atoms with E-state index < -0.39 is 0 Å². The van der Waals surface area contributed by atoms with Crippen molar-refractivity contribution in [3.8, 4) is 0 Å². The lowest BCUT2D eigenvalue weighted by atomic mass is 10.1. The molecule has 106 valence electrons. The topological polar surface area (TPSA) is 42.1 Å². The Hall–Kier alpha value is -2.26. The van der Waals surface area contributed by atoms with Crippen LogP contribution in [0.5, 0.6) is 0 Å². The van der Waals surface area contributed by atoms with Crippen molar-refractivity contribution in [3.05, 3.63) is 65.4 Å². The molecular formula is C17H16ClN3. The Morgan fingerprint density at radius 2 is 1.81 bits per heavy atom. The summed E-state index contributed by atoms with van der Waals surface area (Å²) in [5, 5.41) is 2.85. The molecule has 0 aliphatic carbocycles. The number of rotatable bonds is 3. The van der Waals surface area contributed by atoms with Crippen LogP contribution in [0, 0.1) is 0 Å². The fourth-order valence-corrected chi connectivity index (χ4v) is 2.60. The zero-order chi connectivity index (χ0) is 14.8. The third kappa shape index (κ3) is 2.78. The molecule has 1 aromatic heterocycles. The summed E-state index contributed by atoms with van der Waals surface area (Å²) in [6, 6.07) is 13.9. The van der Waals surface area contributed by atoms with Crippen LogP contribution in [0.25, 0.3) is 10.8 Å². The van der Waals surface area contributed by atoms with Gasteiger partial charge in [0, 0.05) is 53.2 Å². The molecule has 21 heavy (non-hydrogen) atoms. The molecule has 3 nitrogen and oxygen atoms in total. The maximum atomic E-state index is 6.02. The zero-order valence-corrected chi connectivity index (χ0v) is 12.5. The molecule has 0 atom stereocenters. The Morgan fingerprint density at radius 3 is 2.57 bits per heavy atom. The SMILES string of the molecule is CN(Cc1ccc(Cl)cc1)c1ccc(N)c2cnccc12. The van der Waals surface area contributed by atoms with E-state index >= 15 is 0 Å². The first kappa shape index (κ1) is 13.7. The van der Waals surface area contributed by atoms with Crippen molar-refractivity contribution < 1.29 is 0 Å². The fourth-order valence-electron chi connectivity index (χ4n) is 2.48. The van der Waals surface area contributed by atoms with Gasteiger partial charge in [-0.3, -0.25) is 4.98 Å². The van der Waals surface area contributed by atoms with Crippen LogP contribution in [-0.2, 0) is 6.54 Å². The van der Waals surface area contributed by atoms with Gasteiger partial charge in [-0.15, -0.1) is 0 Å². The van der Waals surface area contributed by atoms with Gasteiger partial charge in [0.05, 0.1) is 0 Å². The van der Waals surface area contributed by atoms with Gasteiger partial charge in [-0.05, 0) is 35.9 Å². The van der Waals surface area contributed by atoms with E-state index in [1.165, 1.54) is 5.56 Å². The van der Waals surface area contributed by atoms with E-state index in [-0.39, 0.29) is 0 Å². The number of nitrogens with two attached hydrogens (primary N) is 1. The summed E-state index contributed by atoms with van der Waals surface area (Å²) in [7, 11) is 2.07. The average molecular weight is 298 g/mol. The second kappa shape index (κ2) is 5.62. The predicted molar refractivity (Wildman–Crippen MR) is 89.7 cm³/mol. The van der Waals surface area contributed by atoms with E-state index in [1.54, 1.807) is 6.20 Å². The minimum atomic E-state index is 0.752. The lowest BCUT2D eigenvalue weighted by molar-refractivity contribution is 0.928. The van der Waals surface area contributed by atoms with Crippen LogP contribution in [0.3, 0.4) is 0 Å². The molecule has 0 unspecified atom stereocenters. The fraction of sp³-hybridized carbons (Fsp3) is 0.118. The first-order valence-corrected chi connectivity index (χ1v) is 7.11. The van der Waals surface area contributed by atoms with Crippen molar-refractivity contribution in [1.82, 2.24) is 4.98 Å². The summed E-state index contributed by atoms with van der Waals surface area (Å²) in [6.07, 6.45) is 3.60. The Labute approximate surface area is 129 Å². The van der Waals surface area contributed by atoms with Gasteiger partial charge in [-0.2, -0.15) is 0 Å². The maximum Gasteiger partial charge on any atom is 0.0448 e. The van der Waals surface area contributed by atoms with Gasteiger partial charge in [0.1, 0.15) is 0 Å². The molecule has 3 aromatic rings. The van der Waals surface area contributed by atoms with Crippen LogP contribution < -0.4 is 10.6 Å². The summed E-state index contributed by atoms with van der Waals surface area (Å²) in [5.41, 5.74) is 9.12. The Balaban J connectivity index is 1.96. The Bertz CT molecular complexity index is 769. The summed E-state index contributed by atoms with van der Waals surface area (Å²) < 4.78 is 0. The summed E-state index contributed by atoms with van der Waals surface area (Å²) in [6.45, 7) is 0.804. The van der Waals surface area contributed by atoms with Gasteiger partial charge in [0.2, 0.25) is 0 Å². The van der Waals surface area contributed by atoms with E-state index in [0.717, 1.165) is 33.7 Å². The standard InChI is InChI=1S/C17H16ClN3/c1-21(11-12-2-4-13(18)5-3-12)17-7-6-16(19)15-10-20-9-8-14(15)17/h2-10H,11,19H2,1H3. The Kier molecular flexibility index (Phi) is 3.67. The lowest BCUT2D eigenvalue weighted by Gasteiger charge is -2.22. The van der Waals surface area contributed by atoms with Gasteiger partial charge in [0.25, 0.3) is 0 Å². The molecule has 0 bridgehead atoms. The van der Waals surface area contributed by atoms with Crippen LogP contribution >= 0.6 is 11.6 Å². The van der Waals surface area contributed by atoms with Crippen molar-refractivity contribution in [2.75, 3.05) is 17.7 Å². The number of nitrogens with zero attached hydrogens (tertiary/aromatic N) is 2. The summed E-state index contributed by atoms with van der Waals surface area (Å²) >= 11 is 5.93. The molecule has 0 spiro atoms. The number of hydrogen-bond acceptors (Lipinski definition) is 3. The quantitative estimate of drug-likeness (QED) is 0.740. The number of pyridine rings is 1. The number of aromatic nitrogens is 1. The molecule has 0 fully saturated rings. The average Bonchev–Trinajstić information content (AvgIpc) is 2.50. The zero-order valence-electron chi connectivity index (χ0n) is 11.8. The first-order valence-electron chi connectivity index (χ1n) is 6.73. The maximum absolute atomic E-state index is 6.02. The lowest BCUT2D eigenvalue weighted by Crippen LogP contribution is -2.16. The third-order valence-corrected chi connectivity index (χ3v) is 3.83. The molecule has 0 aliphatic heterocycles. The molecule has 0 radical (unpaired) electrons. The van der Waals surface area contributed by atoms with Crippen LogP contribution in [0.1, 0.15) is 5.56 Å². The minimum Gasteiger partial charge on any atom is -0.398 e.